The van der Waals surface area contributed by atoms with Crippen LogP contribution in [0.5, 0.6) is 0 Å². The van der Waals surface area contributed by atoms with E-state index in [-0.39, 0.29) is 0 Å². The second-order valence-corrected chi connectivity index (χ2v) is 4.42. The summed E-state index contributed by atoms with van der Waals surface area (Å²) in [5.74, 6) is 0. The third kappa shape index (κ3) is 1.89. The van der Waals surface area contributed by atoms with Crippen LogP contribution in [0.15, 0.2) is 17.5 Å². The maximum absolute atomic E-state index is 5.89. The summed E-state index contributed by atoms with van der Waals surface area (Å²) in [6.45, 7) is 0. The van der Waals surface area contributed by atoms with Crippen LogP contribution in [0.1, 0.15) is 0 Å². The standard InChI is InChI=1S/C9H3Cl3NS/c10-6-1-5(2-7(11)9(6)12)8-3-14-4-13-8/h1-3H. The molecule has 1 nitrogen and oxygen atoms in total. The number of nitrogens with zero attached hydrogens (tertiary/aromatic N) is 1. The molecule has 2 rings (SSSR count). The molecular weight excluding hydrogens is 261 g/mol. The highest BCUT2D eigenvalue weighted by molar-refractivity contribution is 7.07. The largest absolute Gasteiger partial charge is 0.233 e. The van der Waals surface area contributed by atoms with Crippen LogP contribution in [0, 0.1) is 5.51 Å². The van der Waals surface area contributed by atoms with Gasteiger partial charge in [0.2, 0.25) is 0 Å². The maximum atomic E-state index is 5.89. The molecule has 0 saturated heterocycles. The Bertz CT molecular complexity index is 430. The number of aromatic nitrogens is 1. The average molecular weight is 264 g/mol. The molecule has 0 atom stereocenters. The van der Waals surface area contributed by atoms with Gasteiger partial charge in [0.05, 0.1) is 20.8 Å². The van der Waals surface area contributed by atoms with Crippen molar-refractivity contribution in [2.24, 2.45) is 0 Å². The number of hydrogen-bond acceptors (Lipinski definition) is 2. The summed E-state index contributed by atoms with van der Waals surface area (Å²) < 4.78 is 0. The van der Waals surface area contributed by atoms with Crippen molar-refractivity contribution in [2.45, 2.75) is 0 Å². The molecule has 0 N–H and O–H groups in total. The van der Waals surface area contributed by atoms with Gasteiger partial charge in [-0.15, -0.1) is 11.3 Å². The molecule has 2 aromatic rings. The van der Waals surface area contributed by atoms with Crippen LogP contribution in [-0.4, -0.2) is 4.98 Å². The summed E-state index contributed by atoms with van der Waals surface area (Å²) in [7, 11) is 0. The van der Waals surface area contributed by atoms with Gasteiger partial charge in [-0.1, -0.05) is 34.8 Å². The normalized spacial score (nSPS) is 10.5. The molecule has 71 valence electrons. The first-order chi connectivity index (χ1) is 6.68. The minimum Gasteiger partial charge on any atom is -0.233 e. The molecule has 0 aliphatic rings. The van der Waals surface area contributed by atoms with E-state index in [1.165, 1.54) is 11.3 Å². The number of halogens is 3. The van der Waals surface area contributed by atoms with Gasteiger partial charge in [-0.2, -0.15) is 0 Å². The molecule has 0 aliphatic carbocycles. The Hall–Kier alpha value is -0.280. The summed E-state index contributed by atoms with van der Waals surface area (Å²) in [5, 5.41) is 3.11. The van der Waals surface area contributed by atoms with Crippen molar-refractivity contribution in [1.29, 1.82) is 0 Å². The van der Waals surface area contributed by atoms with E-state index in [0.717, 1.165) is 11.3 Å². The van der Waals surface area contributed by atoms with Gasteiger partial charge >= 0.3 is 0 Å². The zero-order valence-corrected chi connectivity index (χ0v) is 9.81. The van der Waals surface area contributed by atoms with E-state index in [0.29, 0.717) is 15.1 Å². The first-order valence-corrected chi connectivity index (χ1v) is 5.66. The first-order valence-electron chi connectivity index (χ1n) is 3.65. The molecule has 1 aromatic heterocycles. The molecule has 0 aliphatic heterocycles. The SMILES string of the molecule is Clc1cc(-c2cs[c]n2)cc(Cl)c1Cl. The molecule has 1 aromatic carbocycles. The fourth-order valence-electron chi connectivity index (χ4n) is 1.02. The van der Waals surface area contributed by atoms with Gasteiger partial charge in [0.1, 0.15) is 0 Å². The minimum absolute atomic E-state index is 0.372. The number of rotatable bonds is 1. The lowest BCUT2D eigenvalue weighted by atomic mass is 10.2. The molecule has 0 amide bonds. The second-order valence-electron chi connectivity index (χ2n) is 2.58. The topological polar surface area (TPSA) is 12.9 Å². The third-order valence-electron chi connectivity index (χ3n) is 1.67. The van der Waals surface area contributed by atoms with Crippen LogP contribution in [0.25, 0.3) is 11.3 Å². The van der Waals surface area contributed by atoms with Gasteiger partial charge < -0.3 is 0 Å². The van der Waals surface area contributed by atoms with E-state index in [2.05, 4.69) is 10.5 Å². The quantitative estimate of drug-likeness (QED) is 0.687. The number of hydrogen-bond donors (Lipinski definition) is 0. The Morgan fingerprint density at radius 3 is 2.29 bits per heavy atom. The van der Waals surface area contributed by atoms with E-state index in [4.69, 9.17) is 34.8 Å². The lowest BCUT2D eigenvalue weighted by Gasteiger charge is -2.02. The fraction of sp³-hybridized carbons (Fsp3) is 0. The van der Waals surface area contributed by atoms with Gasteiger partial charge in [0.15, 0.2) is 5.51 Å². The van der Waals surface area contributed by atoms with Crippen LogP contribution in [0.2, 0.25) is 15.1 Å². The molecule has 5 heteroatoms. The van der Waals surface area contributed by atoms with Crippen molar-refractivity contribution in [3.63, 3.8) is 0 Å². The van der Waals surface area contributed by atoms with Crippen molar-refractivity contribution < 1.29 is 0 Å². The minimum atomic E-state index is 0.372. The zero-order chi connectivity index (χ0) is 10.1. The van der Waals surface area contributed by atoms with Crippen LogP contribution in [0.4, 0.5) is 0 Å². The molecule has 0 spiro atoms. The molecule has 14 heavy (non-hydrogen) atoms. The molecular formula is C9H3Cl3NS. The van der Waals surface area contributed by atoms with Gasteiger partial charge in [0.25, 0.3) is 0 Å². The van der Waals surface area contributed by atoms with Crippen LogP contribution >= 0.6 is 46.1 Å². The lowest BCUT2D eigenvalue weighted by molar-refractivity contribution is 1.40. The third-order valence-corrected chi connectivity index (χ3v) is 3.40. The van der Waals surface area contributed by atoms with Crippen molar-refractivity contribution >= 4 is 46.1 Å². The van der Waals surface area contributed by atoms with Gasteiger partial charge in [-0.3, -0.25) is 0 Å². The monoisotopic (exact) mass is 262 g/mol. The Balaban J connectivity index is 2.57. The maximum Gasteiger partial charge on any atom is 0.152 e. The molecule has 0 saturated carbocycles. The highest BCUT2D eigenvalue weighted by Gasteiger charge is 2.08. The van der Waals surface area contributed by atoms with Crippen molar-refractivity contribution in [2.75, 3.05) is 0 Å². The van der Waals surface area contributed by atoms with Crippen molar-refractivity contribution in [1.82, 2.24) is 4.98 Å². The van der Waals surface area contributed by atoms with Crippen LogP contribution < -0.4 is 0 Å². The Labute approximate surface area is 100 Å². The van der Waals surface area contributed by atoms with Gasteiger partial charge in [-0.05, 0) is 12.1 Å². The predicted octanol–water partition coefficient (Wildman–Crippen LogP) is 4.57. The molecule has 0 fully saturated rings. The van der Waals surface area contributed by atoms with Crippen LogP contribution in [-0.2, 0) is 0 Å². The van der Waals surface area contributed by atoms with Gasteiger partial charge in [-0.25, -0.2) is 4.98 Å². The van der Waals surface area contributed by atoms with Gasteiger partial charge in [0, 0.05) is 10.9 Å². The average Bonchev–Trinajstić information content (AvgIpc) is 2.66. The highest BCUT2D eigenvalue weighted by Crippen LogP contribution is 2.34. The molecule has 0 unspecified atom stereocenters. The first kappa shape index (κ1) is 10.2. The molecule has 0 bridgehead atoms. The summed E-state index contributed by atoms with van der Waals surface area (Å²) in [4.78, 5) is 4.03. The van der Waals surface area contributed by atoms with E-state index in [1.54, 1.807) is 12.1 Å². The molecule has 1 heterocycles. The Morgan fingerprint density at radius 1 is 1.14 bits per heavy atom. The predicted molar refractivity (Wildman–Crippen MR) is 61.4 cm³/mol. The second kappa shape index (κ2) is 4.07. The summed E-state index contributed by atoms with van der Waals surface area (Å²) in [5.41, 5.74) is 4.40. The summed E-state index contributed by atoms with van der Waals surface area (Å²) in [6.07, 6.45) is 0. The number of benzene rings is 1. The van der Waals surface area contributed by atoms with E-state index < -0.39 is 0 Å². The van der Waals surface area contributed by atoms with Crippen molar-refractivity contribution in [3.05, 3.63) is 38.1 Å². The highest BCUT2D eigenvalue weighted by atomic mass is 35.5. The Morgan fingerprint density at radius 2 is 1.79 bits per heavy atom. The Kier molecular flexibility index (Phi) is 2.98. The van der Waals surface area contributed by atoms with Crippen LogP contribution in [0.3, 0.4) is 0 Å². The van der Waals surface area contributed by atoms with E-state index in [1.807, 2.05) is 5.38 Å². The van der Waals surface area contributed by atoms with E-state index >= 15 is 0 Å². The van der Waals surface area contributed by atoms with E-state index in [9.17, 15) is 0 Å². The summed E-state index contributed by atoms with van der Waals surface area (Å²) in [6, 6.07) is 3.47. The zero-order valence-electron chi connectivity index (χ0n) is 6.72. The smallest absolute Gasteiger partial charge is 0.152 e. The lowest BCUT2D eigenvalue weighted by Crippen LogP contribution is -1.79. The summed E-state index contributed by atoms with van der Waals surface area (Å²) >= 11 is 19.0. The molecule has 1 radical (unpaired) electrons. The fourth-order valence-corrected chi connectivity index (χ4v) is 2.12. The number of thiazole rings is 1. The van der Waals surface area contributed by atoms with Crippen molar-refractivity contribution in [3.8, 4) is 11.3 Å².